The van der Waals surface area contributed by atoms with Crippen LogP contribution in [0.15, 0.2) is 27.5 Å². The van der Waals surface area contributed by atoms with Gasteiger partial charge in [0.1, 0.15) is 5.82 Å². The van der Waals surface area contributed by atoms with Crippen LogP contribution in [-0.4, -0.2) is 22.6 Å². The van der Waals surface area contributed by atoms with Crippen molar-refractivity contribution < 1.29 is 0 Å². The average molecular weight is 334 g/mol. The van der Waals surface area contributed by atoms with E-state index in [0.29, 0.717) is 0 Å². The second-order valence-electron chi connectivity index (χ2n) is 6.01. The molecule has 2 aromatic rings. The molecule has 0 atom stereocenters. The Kier molecular flexibility index (Phi) is 2.76. The van der Waals surface area contributed by atoms with Crippen LogP contribution in [0, 0.1) is 5.41 Å². The second-order valence-corrected chi connectivity index (χ2v) is 6.92. The minimum absolute atomic E-state index is 0.118. The first kappa shape index (κ1) is 12.5. The molecule has 1 aromatic carbocycles. The second kappa shape index (κ2) is 4.40. The highest BCUT2D eigenvalue weighted by Crippen LogP contribution is 2.38. The summed E-state index contributed by atoms with van der Waals surface area (Å²) in [5.41, 5.74) is 1.17. The van der Waals surface area contributed by atoms with E-state index in [0.717, 1.165) is 60.1 Å². The van der Waals surface area contributed by atoms with Crippen molar-refractivity contribution in [3.05, 3.63) is 38.9 Å². The molecule has 3 heterocycles. The summed E-state index contributed by atoms with van der Waals surface area (Å²) in [5.74, 6) is 0.961. The molecule has 2 aliphatic heterocycles. The first-order valence-corrected chi connectivity index (χ1v) is 7.86. The van der Waals surface area contributed by atoms with Crippen LogP contribution in [0.5, 0.6) is 0 Å². The Balaban J connectivity index is 1.87. The van der Waals surface area contributed by atoms with Crippen LogP contribution in [0.4, 0.5) is 0 Å². The minimum atomic E-state index is 0.118. The highest BCUT2D eigenvalue weighted by atomic mass is 79.9. The number of nitrogens with one attached hydrogen (secondary N) is 1. The van der Waals surface area contributed by atoms with Crippen molar-refractivity contribution in [2.45, 2.75) is 25.8 Å². The van der Waals surface area contributed by atoms with Gasteiger partial charge in [-0.05, 0) is 49.5 Å². The van der Waals surface area contributed by atoms with Crippen LogP contribution >= 0.6 is 15.9 Å². The summed E-state index contributed by atoms with van der Waals surface area (Å²) in [6.07, 6.45) is 3.21. The van der Waals surface area contributed by atoms with Gasteiger partial charge in [-0.2, -0.15) is 0 Å². The smallest absolute Gasteiger partial charge is 0.261 e. The van der Waals surface area contributed by atoms with Crippen molar-refractivity contribution in [1.29, 1.82) is 0 Å². The van der Waals surface area contributed by atoms with Gasteiger partial charge in [0.25, 0.3) is 5.56 Å². The van der Waals surface area contributed by atoms with E-state index >= 15 is 0 Å². The highest BCUT2D eigenvalue weighted by Gasteiger charge is 2.39. The Bertz CT molecular complexity index is 747. The van der Waals surface area contributed by atoms with Crippen LogP contribution in [-0.2, 0) is 13.0 Å². The highest BCUT2D eigenvalue weighted by molar-refractivity contribution is 9.10. The van der Waals surface area contributed by atoms with E-state index in [-0.39, 0.29) is 11.0 Å². The predicted octanol–water partition coefficient (Wildman–Crippen LogP) is 2.08. The summed E-state index contributed by atoms with van der Waals surface area (Å²) in [7, 11) is 0. The van der Waals surface area contributed by atoms with Gasteiger partial charge in [0.2, 0.25) is 0 Å². The number of piperidine rings is 1. The normalized spacial score (nSPS) is 20.4. The molecule has 0 amide bonds. The molecule has 20 heavy (non-hydrogen) atoms. The van der Waals surface area contributed by atoms with Gasteiger partial charge in [-0.3, -0.25) is 9.36 Å². The number of hydrogen-bond acceptors (Lipinski definition) is 3. The van der Waals surface area contributed by atoms with Crippen molar-refractivity contribution in [2.24, 2.45) is 5.41 Å². The fourth-order valence-corrected chi connectivity index (χ4v) is 3.91. The van der Waals surface area contributed by atoms with Crippen LogP contribution in [0.2, 0.25) is 0 Å². The van der Waals surface area contributed by atoms with E-state index in [4.69, 9.17) is 4.98 Å². The van der Waals surface area contributed by atoms with E-state index in [1.807, 2.05) is 22.8 Å². The number of nitrogens with zero attached hydrogens (tertiary/aromatic N) is 2. The Labute approximate surface area is 125 Å². The number of fused-ring (bicyclic) bond motifs is 2. The van der Waals surface area contributed by atoms with Gasteiger partial charge in [0, 0.05) is 17.4 Å². The topological polar surface area (TPSA) is 46.9 Å². The Morgan fingerprint density at radius 3 is 2.90 bits per heavy atom. The molecule has 5 heteroatoms. The lowest BCUT2D eigenvalue weighted by Gasteiger charge is -2.32. The van der Waals surface area contributed by atoms with Crippen molar-refractivity contribution >= 4 is 26.8 Å². The summed E-state index contributed by atoms with van der Waals surface area (Å²) in [6, 6.07) is 5.72. The number of halogens is 1. The number of benzene rings is 1. The molecule has 0 bridgehead atoms. The zero-order chi connectivity index (χ0) is 13.7. The molecule has 1 spiro atoms. The fourth-order valence-electron chi connectivity index (χ4n) is 3.56. The first-order valence-electron chi connectivity index (χ1n) is 7.07. The predicted molar refractivity (Wildman–Crippen MR) is 81.9 cm³/mol. The van der Waals surface area contributed by atoms with Gasteiger partial charge in [-0.15, -0.1) is 0 Å². The average Bonchev–Trinajstić information content (AvgIpc) is 2.77. The SMILES string of the molecule is O=c1c2ccc(Br)cc2nc2n1CC1(CCNCC1)C2. The molecule has 0 unspecified atom stereocenters. The third-order valence-corrected chi connectivity index (χ3v) is 5.18. The van der Waals surface area contributed by atoms with Crippen LogP contribution in [0.3, 0.4) is 0 Å². The van der Waals surface area contributed by atoms with E-state index in [1.165, 1.54) is 0 Å². The van der Waals surface area contributed by atoms with E-state index < -0.39 is 0 Å². The number of rotatable bonds is 0. The maximum Gasteiger partial charge on any atom is 0.261 e. The monoisotopic (exact) mass is 333 g/mol. The molecule has 1 saturated heterocycles. The van der Waals surface area contributed by atoms with Crippen LogP contribution in [0.1, 0.15) is 18.7 Å². The molecule has 4 nitrogen and oxygen atoms in total. The van der Waals surface area contributed by atoms with Gasteiger partial charge in [-0.25, -0.2) is 4.98 Å². The fraction of sp³-hybridized carbons (Fsp3) is 0.467. The van der Waals surface area contributed by atoms with Crippen molar-refractivity contribution in [3.63, 3.8) is 0 Å². The summed E-state index contributed by atoms with van der Waals surface area (Å²) in [6.45, 7) is 2.93. The summed E-state index contributed by atoms with van der Waals surface area (Å²) in [4.78, 5) is 17.4. The van der Waals surface area contributed by atoms with Crippen molar-refractivity contribution in [1.82, 2.24) is 14.9 Å². The summed E-state index contributed by atoms with van der Waals surface area (Å²) in [5, 5.41) is 4.13. The zero-order valence-electron chi connectivity index (χ0n) is 11.2. The lowest BCUT2D eigenvalue weighted by atomic mass is 9.78. The molecular formula is C15H16BrN3O. The Morgan fingerprint density at radius 1 is 1.30 bits per heavy atom. The third-order valence-electron chi connectivity index (χ3n) is 4.69. The van der Waals surface area contributed by atoms with E-state index in [9.17, 15) is 4.79 Å². The maximum absolute atomic E-state index is 12.6. The molecule has 0 aliphatic carbocycles. The summed E-state index contributed by atoms with van der Waals surface area (Å²) < 4.78 is 2.87. The maximum atomic E-state index is 12.6. The standard InChI is InChI=1S/C15H16BrN3O/c16-10-1-2-11-12(7-10)18-13-8-15(3-5-17-6-4-15)9-19(13)14(11)20/h1-2,7,17H,3-6,8-9H2. The van der Waals surface area contributed by atoms with Gasteiger partial charge in [0.15, 0.2) is 0 Å². The van der Waals surface area contributed by atoms with Crippen LogP contribution < -0.4 is 10.9 Å². The van der Waals surface area contributed by atoms with Gasteiger partial charge >= 0.3 is 0 Å². The molecule has 1 N–H and O–H groups in total. The minimum Gasteiger partial charge on any atom is -0.317 e. The van der Waals surface area contributed by atoms with Crippen molar-refractivity contribution in [2.75, 3.05) is 13.1 Å². The summed E-state index contributed by atoms with van der Waals surface area (Å²) >= 11 is 3.45. The Hall–Kier alpha value is -1.20. The molecule has 4 rings (SSSR count). The third kappa shape index (κ3) is 1.84. The van der Waals surface area contributed by atoms with Gasteiger partial charge in [-0.1, -0.05) is 15.9 Å². The van der Waals surface area contributed by atoms with E-state index in [2.05, 4.69) is 21.2 Å². The van der Waals surface area contributed by atoms with Gasteiger partial charge in [0.05, 0.1) is 10.9 Å². The number of aromatic nitrogens is 2. The van der Waals surface area contributed by atoms with E-state index in [1.54, 1.807) is 0 Å². The molecule has 1 aromatic heterocycles. The Morgan fingerprint density at radius 2 is 2.10 bits per heavy atom. The molecule has 104 valence electrons. The largest absolute Gasteiger partial charge is 0.317 e. The molecule has 0 radical (unpaired) electrons. The number of hydrogen-bond donors (Lipinski definition) is 1. The quantitative estimate of drug-likeness (QED) is 0.803. The molecular weight excluding hydrogens is 318 g/mol. The molecule has 2 aliphatic rings. The van der Waals surface area contributed by atoms with Crippen LogP contribution in [0.25, 0.3) is 10.9 Å². The molecule has 1 fully saturated rings. The molecule has 0 saturated carbocycles. The van der Waals surface area contributed by atoms with Crippen molar-refractivity contribution in [3.8, 4) is 0 Å². The first-order chi connectivity index (χ1) is 9.67. The lowest BCUT2D eigenvalue weighted by molar-refractivity contribution is 0.198. The zero-order valence-corrected chi connectivity index (χ0v) is 12.7. The lowest BCUT2D eigenvalue weighted by Crippen LogP contribution is -2.38. The van der Waals surface area contributed by atoms with Gasteiger partial charge < -0.3 is 5.32 Å².